The zero-order valence-corrected chi connectivity index (χ0v) is 17.5. The SMILES string of the molecule is CC(=O)Nc1ccc(S(=O)(=O)NCCC(=O)OCC(=O)Nc2ccc(Cl)cc2)cc1. The van der Waals surface area contributed by atoms with Crippen molar-refractivity contribution < 1.29 is 27.5 Å². The third-order valence-corrected chi connectivity index (χ3v) is 5.33. The second-order valence-electron chi connectivity index (χ2n) is 6.07. The summed E-state index contributed by atoms with van der Waals surface area (Å²) in [7, 11) is -3.84. The molecule has 2 aromatic rings. The number of rotatable bonds is 9. The van der Waals surface area contributed by atoms with Crippen LogP contribution in [0.1, 0.15) is 13.3 Å². The van der Waals surface area contributed by atoms with Gasteiger partial charge in [-0.2, -0.15) is 0 Å². The van der Waals surface area contributed by atoms with Crippen molar-refractivity contribution >= 4 is 50.8 Å². The Bertz CT molecular complexity index is 1010. The average molecular weight is 454 g/mol. The van der Waals surface area contributed by atoms with Crippen LogP contribution in [-0.4, -0.2) is 39.4 Å². The Balaban J connectivity index is 1.74. The first-order valence-corrected chi connectivity index (χ1v) is 10.6. The Morgan fingerprint density at radius 2 is 1.50 bits per heavy atom. The summed E-state index contributed by atoms with van der Waals surface area (Å²) in [4.78, 5) is 34.4. The quantitative estimate of drug-likeness (QED) is 0.498. The number of amides is 2. The predicted molar refractivity (Wildman–Crippen MR) is 112 cm³/mol. The molecule has 2 aromatic carbocycles. The van der Waals surface area contributed by atoms with Gasteiger partial charge in [-0.1, -0.05) is 11.6 Å². The van der Waals surface area contributed by atoms with Crippen molar-refractivity contribution in [1.82, 2.24) is 4.72 Å². The first kappa shape index (κ1) is 23.3. The Morgan fingerprint density at radius 1 is 0.933 bits per heavy atom. The fourth-order valence-electron chi connectivity index (χ4n) is 2.24. The number of halogens is 1. The van der Waals surface area contributed by atoms with Crippen LogP contribution in [0.5, 0.6) is 0 Å². The van der Waals surface area contributed by atoms with Gasteiger partial charge in [0.2, 0.25) is 15.9 Å². The standard InChI is InChI=1S/C19H20ClN3O6S/c1-13(24)22-15-6-8-17(9-7-15)30(27,28)21-11-10-19(26)29-12-18(25)23-16-4-2-14(20)3-5-16/h2-9,21H,10-12H2,1H3,(H,22,24)(H,23,25). The maximum atomic E-state index is 12.2. The second kappa shape index (κ2) is 10.7. The molecule has 0 fully saturated rings. The molecule has 0 aliphatic rings. The summed E-state index contributed by atoms with van der Waals surface area (Å²) in [5, 5.41) is 5.58. The van der Waals surface area contributed by atoms with Crippen LogP contribution in [0, 0.1) is 0 Å². The minimum Gasteiger partial charge on any atom is -0.456 e. The van der Waals surface area contributed by atoms with Crippen molar-refractivity contribution in [2.75, 3.05) is 23.8 Å². The minimum atomic E-state index is -3.84. The van der Waals surface area contributed by atoms with Gasteiger partial charge in [-0.25, -0.2) is 13.1 Å². The number of hydrogen-bond donors (Lipinski definition) is 3. The molecular weight excluding hydrogens is 434 g/mol. The molecule has 0 aromatic heterocycles. The van der Waals surface area contributed by atoms with Crippen LogP contribution in [0.3, 0.4) is 0 Å². The smallest absolute Gasteiger partial charge is 0.307 e. The number of carbonyl (C=O) groups is 3. The molecule has 0 bridgehead atoms. The van der Waals surface area contributed by atoms with Gasteiger partial charge in [0.15, 0.2) is 6.61 Å². The van der Waals surface area contributed by atoms with E-state index in [9.17, 15) is 22.8 Å². The molecule has 30 heavy (non-hydrogen) atoms. The molecular formula is C19H20ClN3O6S. The summed E-state index contributed by atoms with van der Waals surface area (Å²) in [6, 6.07) is 11.9. The number of benzene rings is 2. The van der Waals surface area contributed by atoms with Gasteiger partial charge in [0.05, 0.1) is 11.3 Å². The molecule has 0 saturated carbocycles. The molecule has 0 aliphatic carbocycles. The molecule has 160 valence electrons. The average Bonchev–Trinajstić information content (AvgIpc) is 2.68. The third kappa shape index (κ3) is 7.82. The van der Waals surface area contributed by atoms with Crippen LogP contribution in [0.2, 0.25) is 5.02 Å². The van der Waals surface area contributed by atoms with Gasteiger partial charge in [-0.05, 0) is 48.5 Å². The zero-order chi connectivity index (χ0) is 22.1. The Hall–Kier alpha value is -2.95. The molecule has 0 radical (unpaired) electrons. The number of esters is 1. The van der Waals surface area contributed by atoms with E-state index in [1.54, 1.807) is 24.3 Å². The lowest BCUT2D eigenvalue weighted by Crippen LogP contribution is -2.28. The van der Waals surface area contributed by atoms with E-state index < -0.39 is 28.5 Å². The number of carbonyl (C=O) groups excluding carboxylic acids is 3. The zero-order valence-electron chi connectivity index (χ0n) is 16.0. The summed E-state index contributed by atoms with van der Waals surface area (Å²) < 4.78 is 31.5. The highest BCUT2D eigenvalue weighted by Gasteiger charge is 2.15. The van der Waals surface area contributed by atoms with E-state index >= 15 is 0 Å². The minimum absolute atomic E-state index is 0.0210. The van der Waals surface area contributed by atoms with Gasteiger partial charge >= 0.3 is 5.97 Å². The topological polar surface area (TPSA) is 131 Å². The molecule has 0 spiro atoms. The molecule has 0 unspecified atom stereocenters. The number of nitrogens with one attached hydrogen (secondary N) is 3. The van der Waals surface area contributed by atoms with E-state index in [-0.39, 0.29) is 23.8 Å². The first-order valence-electron chi connectivity index (χ1n) is 8.74. The van der Waals surface area contributed by atoms with Crippen LogP contribution in [0.4, 0.5) is 11.4 Å². The molecule has 9 nitrogen and oxygen atoms in total. The molecule has 0 aliphatic heterocycles. The van der Waals surface area contributed by atoms with Crippen LogP contribution in [0.25, 0.3) is 0 Å². The lowest BCUT2D eigenvalue weighted by atomic mass is 10.3. The number of hydrogen-bond acceptors (Lipinski definition) is 6. The summed E-state index contributed by atoms with van der Waals surface area (Å²) >= 11 is 5.75. The molecule has 2 rings (SSSR count). The Labute approximate surface area is 178 Å². The van der Waals surface area contributed by atoms with Crippen LogP contribution in [0.15, 0.2) is 53.4 Å². The van der Waals surface area contributed by atoms with E-state index in [4.69, 9.17) is 16.3 Å². The summed E-state index contributed by atoms with van der Waals surface area (Å²) in [6.07, 6.45) is -0.253. The summed E-state index contributed by atoms with van der Waals surface area (Å²) in [6.45, 7) is 0.638. The molecule has 2 amide bonds. The fraction of sp³-hybridized carbons (Fsp3) is 0.211. The number of anilines is 2. The maximum Gasteiger partial charge on any atom is 0.307 e. The third-order valence-electron chi connectivity index (χ3n) is 3.60. The van der Waals surface area contributed by atoms with Crippen molar-refractivity contribution in [3.8, 4) is 0 Å². The second-order valence-corrected chi connectivity index (χ2v) is 8.27. The van der Waals surface area contributed by atoms with E-state index in [1.807, 2.05) is 0 Å². The predicted octanol–water partition coefficient (Wildman–Crippen LogP) is 2.15. The van der Waals surface area contributed by atoms with E-state index in [1.165, 1.54) is 31.2 Å². The van der Waals surface area contributed by atoms with Gasteiger partial charge in [-0.3, -0.25) is 14.4 Å². The molecule has 0 atom stereocenters. The normalized spacial score (nSPS) is 10.9. The summed E-state index contributed by atoms with van der Waals surface area (Å²) in [5.41, 5.74) is 0.958. The van der Waals surface area contributed by atoms with Crippen molar-refractivity contribution in [3.63, 3.8) is 0 Å². The molecule has 0 saturated heterocycles. The molecule has 0 heterocycles. The lowest BCUT2D eigenvalue weighted by molar-refractivity contribution is -0.147. The van der Waals surface area contributed by atoms with Crippen molar-refractivity contribution in [2.24, 2.45) is 0 Å². The van der Waals surface area contributed by atoms with E-state index in [0.717, 1.165) is 0 Å². The van der Waals surface area contributed by atoms with Gasteiger partial charge in [-0.15, -0.1) is 0 Å². The van der Waals surface area contributed by atoms with E-state index in [2.05, 4.69) is 15.4 Å². The van der Waals surface area contributed by atoms with Crippen molar-refractivity contribution in [2.45, 2.75) is 18.2 Å². The highest BCUT2D eigenvalue weighted by Crippen LogP contribution is 2.14. The first-order chi connectivity index (χ1) is 14.2. The van der Waals surface area contributed by atoms with Gasteiger partial charge < -0.3 is 15.4 Å². The van der Waals surface area contributed by atoms with Gasteiger partial charge in [0.25, 0.3) is 5.91 Å². The number of ether oxygens (including phenoxy) is 1. The maximum absolute atomic E-state index is 12.2. The highest BCUT2D eigenvalue weighted by molar-refractivity contribution is 7.89. The Kier molecular flexibility index (Phi) is 8.34. The Morgan fingerprint density at radius 3 is 2.10 bits per heavy atom. The van der Waals surface area contributed by atoms with Crippen LogP contribution >= 0.6 is 11.6 Å². The fourth-order valence-corrected chi connectivity index (χ4v) is 3.40. The monoisotopic (exact) mass is 453 g/mol. The lowest BCUT2D eigenvalue weighted by Gasteiger charge is -2.09. The van der Waals surface area contributed by atoms with Gasteiger partial charge in [0.1, 0.15) is 0 Å². The number of sulfonamides is 1. The summed E-state index contributed by atoms with van der Waals surface area (Å²) in [5.74, 6) is -1.54. The van der Waals surface area contributed by atoms with Crippen LogP contribution in [-0.2, 0) is 29.1 Å². The molecule has 11 heteroatoms. The van der Waals surface area contributed by atoms with Crippen molar-refractivity contribution in [3.05, 3.63) is 53.6 Å². The van der Waals surface area contributed by atoms with E-state index in [0.29, 0.717) is 16.4 Å². The van der Waals surface area contributed by atoms with Crippen LogP contribution < -0.4 is 15.4 Å². The van der Waals surface area contributed by atoms with Gasteiger partial charge in [0, 0.05) is 29.9 Å². The largest absolute Gasteiger partial charge is 0.456 e. The highest BCUT2D eigenvalue weighted by atomic mass is 35.5. The molecule has 3 N–H and O–H groups in total. The van der Waals surface area contributed by atoms with Crippen molar-refractivity contribution in [1.29, 1.82) is 0 Å².